The third-order valence-corrected chi connectivity index (χ3v) is 4.72. The lowest BCUT2D eigenvalue weighted by atomic mass is 10.1. The third kappa shape index (κ3) is 3.27. The van der Waals surface area contributed by atoms with Crippen molar-refractivity contribution in [2.75, 3.05) is 18.6 Å². The number of nitrogens with zero attached hydrogens (tertiary/aromatic N) is 3. The second kappa shape index (κ2) is 6.81. The summed E-state index contributed by atoms with van der Waals surface area (Å²) in [7, 11) is 2.00. The van der Waals surface area contributed by atoms with Gasteiger partial charge in [0, 0.05) is 11.8 Å². The van der Waals surface area contributed by atoms with E-state index in [0.29, 0.717) is 24.5 Å². The number of hydrogen-bond acceptors (Lipinski definition) is 3. The zero-order valence-corrected chi connectivity index (χ0v) is 15.3. The minimum Gasteiger partial charge on any atom is -0.316 e. The molecule has 1 N–H and O–H groups in total. The van der Waals surface area contributed by atoms with Gasteiger partial charge in [0.15, 0.2) is 6.67 Å². The van der Waals surface area contributed by atoms with Gasteiger partial charge in [-0.05, 0) is 31.2 Å². The number of hydrogen-bond donors (Lipinski definition) is 1. The standard InChI is InChI=1S/C21H20N4O2/c1-15-8-9-19-18(10-15)20(26)21(27)24(19)14-23(2)12-16-11-22-25(13-16)17-6-4-3-5-7-17/h3-11,13H,12,14H2,1-2H3/p+1. The number of anilines is 1. The van der Waals surface area contributed by atoms with E-state index in [1.165, 1.54) is 0 Å². The number of para-hydroxylation sites is 1. The molecule has 0 spiro atoms. The van der Waals surface area contributed by atoms with Gasteiger partial charge in [-0.3, -0.25) is 14.5 Å². The maximum absolute atomic E-state index is 12.4. The van der Waals surface area contributed by atoms with Crippen LogP contribution in [0.2, 0.25) is 0 Å². The van der Waals surface area contributed by atoms with Crippen LogP contribution in [0.1, 0.15) is 21.5 Å². The number of amides is 1. The molecule has 0 saturated heterocycles. The van der Waals surface area contributed by atoms with Crippen LogP contribution >= 0.6 is 0 Å². The number of nitrogens with one attached hydrogen (secondary N) is 1. The zero-order valence-electron chi connectivity index (χ0n) is 15.3. The van der Waals surface area contributed by atoms with Gasteiger partial charge in [0.1, 0.15) is 6.54 Å². The maximum Gasteiger partial charge on any atom is 0.303 e. The Morgan fingerprint density at radius 1 is 1.07 bits per heavy atom. The van der Waals surface area contributed by atoms with Crippen molar-refractivity contribution in [1.82, 2.24) is 9.78 Å². The van der Waals surface area contributed by atoms with Crippen molar-refractivity contribution in [1.29, 1.82) is 0 Å². The molecule has 27 heavy (non-hydrogen) atoms. The van der Waals surface area contributed by atoms with Crippen LogP contribution in [0, 0.1) is 6.92 Å². The molecule has 6 heteroatoms. The van der Waals surface area contributed by atoms with Crippen molar-refractivity contribution in [2.24, 2.45) is 0 Å². The number of benzene rings is 2. The van der Waals surface area contributed by atoms with Gasteiger partial charge < -0.3 is 4.90 Å². The molecule has 1 aliphatic heterocycles. The largest absolute Gasteiger partial charge is 0.316 e. The third-order valence-electron chi connectivity index (χ3n) is 4.72. The summed E-state index contributed by atoms with van der Waals surface area (Å²) in [5.41, 5.74) is 4.26. The Kier molecular flexibility index (Phi) is 4.33. The molecule has 1 amide bonds. The Hall–Kier alpha value is -3.25. The maximum atomic E-state index is 12.4. The lowest BCUT2D eigenvalue weighted by Gasteiger charge is -2.21. The Balaban J connectivity index is 1.48. The summed E-state index contributed by atoms with van der Waals surface area (Å²) in [6.45, 7) is 3.05. The molecule has 0 fully saturated rings. The molecular formula is C21H21N4O2+. The fourth-order valence-electron chi connectivity index (χ4n) is 3.42. The molecular weight excluding hydrogens is 340 g/mol. The number of aromatic nitrogens is 2. The van der Waals surface area contributed by atoms with Gasteiger partial charge in [0.25, 0.3) is 5.78 Å². The molecule has 2 aromatic carbocycles. The Labute approximate surface area is 157 Å². The molecule has 0 bridgehead atoms. The number of rotatable bonds is 5. The Morgan fingerprint density at radius 2 is 1.85 bits per heavy atom. The van der Waals surface area contributed by atoms with E-state index in [-0.39, 0.29) is 0 Å². The van der Waals surface area contributed by atoms with Crippen LogP contribution in [0.4, 0.5) is 5.69 Å². The van der Waals surface area contributed by atoms with Crippen molar-refractivity contribution in [3.05, 3.63) is 77.6 Å². The first-order valence-electron chi connectivity index (χ1n) is 8.90. The van der Waals surface area contributed by atoms with E-state index in [0.717, 1.165) is 21.7 Å². The van der Waals surface area contributed by atoms with Crippen molar-refractivity contribution < 1.29 is 14.5 Å². The Bertz CT molecular complexity index is 1010. The van der Waals surface area contributed by atoms with Gasteiger partial charge in [0.2, 0.25) is 0 Å². The number of carbonyl (C=O) groups excluding carboxylic acids is 2. The van der Waals surface area contributed by atoms with E-state index in [4.69, 9.17) is 0 Å². The Morgan fingerprint density at radius 3 is 2.63 bits per heavy atom. The summed E-state index contributed by atoms with van der Waals surface area (Å²) in [5, 5.41) is 4.41. The summed E-state index contributed by atoms with van der Waals surface area (Å²) >= 11 is 0. The highest BCUT2D eigenvalue weighted by molar-refractivity contribution is 6.52. The molecule has 1 aromatic heterocycles. The van der Waals surface area contributed by atoms with Crippen molar-refractivity contribution in [2.45, 2.75) is 13.5 Å². The number of aryl methyl sites for hydroxylation is 1. The van der Waals surface area contributed by atoms with E-state index < -0.39 is 11.7 Å². The van der Waals surface area contributed by atoms with Gasteiger partial charge >= 0.3 is 5.91 Å². The van der Waals surface area contributed by atoms with Crippen molar-refractivity contribution in [3.63, 3.8) is 0 Å². The molecule has 6 nitrogen and oxygen atoms in total. The second-order valence-corrected chi connectivity index (χ2v) is 7.00. The number of quaternary nitrogens is 1. The summed E-state index contributed by atoms with van der Waals surface area (Å²) in [6, 6.07) is 15.5. The minimum atomic E-state index is -0.449. The molecule has 3 aromatic rings. The molecule has 0 radical (unpaired) electrons. The molecule has 0 saturated carbocycles. The highest BCUT2D eigenvalue weighted by Gasteiger charge is 2.37. The molecule has 2 heterocycles. The van der Waals surface area contributed by atoms with Gasteiger partial charge in [-0.1, -0.05) is 29.8 Å². The van der Waals surface area contributed by atoms with E-state index in [1.807, 2.05) is 73.5 Å². The first-order valence-corrected chi connectivity index (χ1v) is 8.90. The van der Waals surface area contributed by atoms with Gasteiger partial charge in [0.05, 0.1) is 30.2 Å². The highest BCUT2D eigenvalue weighted by Crippen LogP contribution is 2.28. The topological polar surface area (TPSA) is 59.6 Å². The van der Waals surface area contributed by atoms with Crippen LogP contribution in [0.15, 0.2) is 60.9 Å². The number of Topliss-reactive ketones (excluding diaryl/α,β-unsaturated/α-hetero) is 1. The van der Waals surface area contributed by atoms with Crippen LogP contribution in [0.25, 0.3) is 5.69 Å². The van der Waals surface area contributed by atoms with E-state index in [9.17, 15) is 9.59 Å². The SMILES string of the molecule is Cc1ccc2c(c1)C(=O)C(=O)N2C[NH+](C)Cc1cnn(-c2ccccc2)c1. The van der Waals surface area contributed by atoms with Crippen LogP contribution in [-0.4, -0.2) is 35.2 Å². The summed E-state index contributed by atoms with van der Waals surface area (Å²) in [6.07, 6.45) is 3.83. The molecule has 0 aliphatic carbocycles. The highest BCUT2D eigenvalue weighted by atomic mass is 16.2. The van der Waals surface area contributed by atoms with Crippen LogP contribution in [0.3, 0.4) is 0 Å². The fraction of sp³-hybridized carbons (Fsp3) is 0.190. The number of ketones is 1. The van der Waals surface area contributed by atoms with Crippen molar-refractivity contribution >= 4 is 17.4 Å². The predicted molar refractivity (Wildman–Crippen MR) is 102 cm³/mol. The van der Waals surface area contributed by atoms with Crippen LogP contribution < -0.4 is 9.80 Å². The molecule has 1 atom stereocenters. The summed E-state index contributed by atoms with van der Waals surface area (Å²) in [4.78, 5) is 27.3. The second-order valence-electron chi connectivity index (χ2n) is 7.00. The first kappa shape index (κ1) is 17.2. The smallest absolute Gasteiger partial charge is 0.303 e. The van der Waals surface area contributed by atoms with Crippen LogP contribution in [0.5, 0.6) is 0 Å². The average molecular weight is 361 g/mol. The van der Waals surface area contributed by atoms with E-state index in [2.05, 4.69) is 5.10 Å². The molecule has 136 valence electrons. The van der Waals surface area contributed by atoms with Crippen molar-refractivity contribution in [3.8, 4) is 5.69 Å². The predicted octanol–water partition coefficient (Wildman–Crippen LogP) is 1.38. The van der Waals surface area contributed by atoms with E-state index in [1.54, 1.807) is 11.0 Å². The first-order chi connectivity index (χ1) is 13.0. The number of fused-ring (bicyclic) bond motifs is 1. The fourth-order valence-corrected chi connectivity index (χ4v) is 3.42. The van der Waals surface area contributed by atoms with E-state index >= 15 is 0 Å². The zero-order chi connectivity index (χ0) is 19.0. The monoisotopic (exact) mass is 361 g/mol. The summed E-state index contributed by atoms with van der Waals surface area (Å²) in [5.74, 6) is -0.867. The number of carbonyl (C=O) groups is 2. The van der Waals surface area contributed by atoms with Gasteiger partial charge in [-0.2, -0.15) is 5.10 Å². The molecule has 1 aliphatic rings. The lowest BCUT2D eigenvalue weighted by molar-refractivity contribution is -0.892. The minimum absolute atomic E-state index is 0.418. The normalized spacial score (nSPS) is 14.5. The quantitative estimate of drug-likeness (QED) is 0.699. The molecule has 1 unspecified atom stereocenters. The lowest BCUT2D eigenvalue weighted by Crippen LogP contribution is -3.09. The van der Waals surface area contributed by atoms with Gasteiger partial charge in [-0.25, -0.2) is 4.68 Å². The van der Waals surface area contributed by atoms with Crippen LogP contribution in [-0.2, 0) is 11.3 Å². The van der Waals surface area contributed by atoms with Gasteiger partial charge in [-0.15, -0.1) is 0 Å². The summed E-state index contributed by atoms with van der Waals surface area (Å²) < 4.78 is 1.84. The average Bonchev–Trinajstić information content (AvgIpc) is 3.22. The molecule has 4 rings (SSSR count).